The number of anilines is 1. The zero-order valence-electron chi connectivity index (χ0n) is 14.9. The van der Waals surface area contributed by atoms with Gasteiger partial charge in [0.05, 0.1) is 11.8 Å². The Hall–Kier alpha value is -2.17. The third kappa shape index (κ3) is 2.40. The van der Waals surface area contributed by atoms with E-state index >= 15 is 0 Å². The average molecular weight is 340 g/mol. The third-order valence-electron chi connectivity index (χ3n) is 6.50. The van der Waals surface area contributed by atoms with Crippen LogP contribution in [0.25, 0.3) is 0 Å². The summed E-state index contributed by atoms with van der Waals surface area (Å²) in [6.45, 7) is 5.65. The monoisotopic (exact) mass is 340 g/mol. The van der Waals surface area contributed by atoms with Gasteiger partial charge in [-0.3, -0.25) is 19.3 Å². The highest BCUT2D eigenvalue weighted by atomic mass is 16.2. The summed E-state index contributed by atoms with van der Waals surface area (Å²) < 4.78 is 0. The van der Waals surface area contributed by atoms with E-state index in [1.807, 2.05) is 32.0 Å². The van der Waals surface area contributed by atoms with Crippen LogP contribution in [0.5, 0.6) is 0 Å². The lowest BCUT2D eigenvalue weighted by Crippen LogP contribution is -2.46. The van der Waals surface area contributed by atoms with Crippen LogP contribution < -0.4 is 5.32 Å². The van der Waals surface area contributed by atoms with Crippen LogP contribution in [0, 0.1) is 37.5 Å². The van der Waals surface area contributed by atoms with Crippen molar-refractivity contribution in [3.63, 3.8) is 0 Å². The van der Waals surface area contributed by atoms with E-state index in [0.717, 1.165) is 30.4 Å². The number of fused-ring (bicyclic) bond motifs is 5. The number of carbonyl (C=O) groups is 3. The van der Waals surface area contributed by atoms with Crippen molar-refractivity contribution >= 4 is 23.4 Å². The molecule has 25 heavy (non-hydrogen) atoms. The normalized spacial score (nSPS) is 31.4. The number of imide groups is 1. The van der Waals surface area contributed by atoms with Crippen LogP contribution in [0.1, 0.15) is 37.3 Å². The standard InChI is InChI=1S/C20H24N2O3/c1-10-4-7-15(8-11(10)2)21-18(23)12(3)22-19(24)16-13-5-6-14(9-13)17(16)20(22)25/h4,7-8,12-14,16-17H,5-6,9H2,1-3H3,(H,21,23)/t12-,13-,14+,16-,17-/m0/s1. The summed E-state index contributed by atoms with van der Waals surface area (Å²) in [5.74, 6) is -0.253. The highest BCUT2D eigenvalue weighted by molar-refractivity contribution is 6.10. The van der Waals surface area contributed by atoms with Crippen LogP contribution >= 0.6 is 0 Å². The minimum absolute atomic E-state index is 0.134. The smallest absolute Gasteiger partial charge is 0.247 e. The maximum Gasteiger partial charge on any atom is 0.247 e. The molecule has 1 aromatic carbocycles. The van der Waals surface area contributed by atoms with Gasteiger partial charge in [-0.15, -0.1) is 0 Å². The molecule has 5 nitrogen and oxygen atoms in total. The number of amides is 3. The number of hydrogen-bond donors (Lipinski definition) is 1. The second-order valence-electron chi connectivity index (χ2n) is 7.90. The highest BCUT2D eigenvalue weighted by Gasteiger charge is 2.62. The van der Waals surface area contributed by atoms with Crippen LogP contribution in [-0.2, 0) is 14.4 Å². The van der Waals surface area contributed by atoms with Gasteiger partial charge in [-0.25, -0.2) is 0 Å². The lowest BCUT2D eigenvalue weighted by molar-refractivity contribution is -0.146. The molecule has 4 rings (SSSR count). The Morgan fingerprint density at radius 2 is 1.68 bits per heavy atom. The van der Waals surface area contributed by atoms with Crippen LogP contribution in [0.2, 0.25) is 0 Å². The lowest BCUT2D eigenvalue weighted by Gasteiger charge is -2.24. The Labute approximate surface area is 147 Å². The zero-order chi connectivity index (χ0) is 17.9. The molecular formula is C20H24N2O3. The number of carbonyl (C=O) groups excluding carboxylic acids is 3. The molecule has 1 N–H and O–H groups in total. The van der Waals surface area contributed by atoms with Crippen LogP contribution in [0.4, 0.5) is 5.69 Å². The Bertz CT molecular complexity index is 744. The molecule has 132 valence electrons. The number of rotatable bonds is 3. The molecule has 0 radical (unpaired) electrons. The van der Waals surface area contributed by atoms with Gasteiger partial charge in [0.15, 0.2) is 0 Å². The lowest BCUT2D eigenvalue weighted by atomic mass is 9.81. The summed E-state index contributed by atoms with van der Waals surface area (Å²) in [6, 6.07) is 4.92. The van der Waals surface area contributed by atoms with Crippen LogP contribution in [0.3, 0.4) is 0 Å². The van der Waals surface area contributed by atoms with Crippen LogP contribution in [0.15, 0.2) is 18.2 Å². The third-order valence-corrected chi connectivity index (χ3v) is 6.50. The fourth-order valence-corrected chi connectivity index (χ4v) is 5.00. The van der Waals surface area contributed by atoms with E-state index in [-0.39, 0.29) is 29.6 Å². The number of nitrogens with one attached hydrogen (secondary N) is 1. The SMILES string of the molecule is Cc1ccc(NC(=O)[C@H](C)N2C(=O)[C@H]3[C@@H]4CC[C@@H](C4)[C@@H]3C2=O)cc1C. The van der Waals surface area contributed by atoms with Crippen molar-refractivity contribution in [3.8, 4) is 0 Å². The molecule has 1 aromatic rings. The van der Waals surface area contributed by atoms with E-state index in [1.165, 1.54) is 4.90 Å². The van der Waals surface area contributed by atoms with E-state index < -0.39 is 6.04 Å². The molecule has 2 bridgehead atoms. The second-order valence-corrected chi connectivity index (χ2v) is 7.90. The molecule has 3 amide bonds. The first-order valence-corrected chi connectivity index (χ1v) is 9.13. The summed E-state index contributed by atoms with van der Waals surface area (Å²) in [5.41, 5.74) is 2.93. The van der Waals surface area contributed by atoms with Gasteiger partial charge in [-0.1, -0.05) is 6.07 Å². The topological polar surface area (TPSA) is 66.5 Å². The molecule has 0 spiro atoms. The molecule has 2 aliphatic carbocycles. The summed E-state index contributed by atoms with van der Waals surface area (Å²) in [5, 5.41) is 2.85. The molecule has 5 heteroatoms. The van der Waals surface area contributed by atoms with E-state index in [9.17, 15) is 14.4 Å². The van der Waals surface area contributed by atoms with Gasteiger partial charge in [-0.05, 0) is 75.1 Å². The van der Waals surface area contributed by atoms with Gasteiger partial charge in [0.2, 0.25) is 17.7 Å². The van der Waals surface area contributed by atoms with E-state index in [1.54, 1.807) is 6.92 Å². The molecule has 1 aliphatic heterocycles. The maximum atomic E-state index is 12.8. The Balaban J connectivity index is 1.51. The Morgan fingerprint density at radius 3 is 2.24 bits per heavy atom. The zero-order valence-corrected chi connectivity index (χ0v) is 14.9. The first kappa shape index (κ1) is 16.3. The average Bonchev–Trinajstić information content (AvgIpc) is 3.24. The first-order chi connectivity index (χ1) is 11.9. The molecule has 1 saturated heterocycles. The summed E-state index contributed by atoms with van der Waals surface area (Å²) in [7, 11) is 0. The minimum Gasteiger partial charge on any atom is -0.324 e. The van der Waals surface area contributed by atoms with Crippen molar-refractivity contribution in [1.29, 1.82) is 0 Å². The predicted molar refractivity (Wildman–Crippen MR) is 93.7 cm³/mol. The van der Waals surface area contributed by atoms with Gasteiger partial charge < -0.3 is 5.32 Å². The van der Waals surface area contributed by atoms with Gasteiger partial charge in [0.25, 0.3) is 0 Å². The maximum absolute atomic E-state index is 12.8. The Morgan fingerprint density at radius 1 is 1.08 bits per heavy atom. The predicted octanol–water partition coefficient (Wildman–Crippen LogP) is 2.66. The molecule has 1 heterocycles. The fraction of sp³-hybridized carbons (Fsp3) is 0.550. The summed E-state index contributed by atoms with van der Waals surface area (Å²) in [6.07, 6.45) is 3.09. The number of likely N-dealkylation sites (tertiary alicyclic amines) is 1. The number of benzene rings is 1. The molecule has 3 aliphatic rings. The van der Waals surface area contributed by atoms with Crippen molar-refractivity contribution < 1.29 is 14.4 Å². The van der Waals surface area contributed by atoms with Gasteiger partial charge in [0.1, 0.15) is 6.04 Å². The van der Waals surface area contributed by atoms with Crippen molar-refractivity contribution in [2.24, 2.45) is 23.7 Å². The van der Waals surface area contributed by atoms with Crippen molar-refractivity contribution in [2.45, 2.75) is 46.1 Å². The van der Waals surface area contributed by atoms with Crippen LogP contribution in [-0.4, -0.2) is 28.7 Å². The first-order valence-electron chi connectivity index (χ1n) is 9.13. The fourth-order valence-electron chi connectivity index (χ4n) is 5.00. The molecule has 5 atom stereocenters. The minimum atomic E-state index is -0.772. The summed E-state index contributed by atoms with van der Waals surface area (Å²) >= 11 is 0. The summed E-state index contributed by atoms with van der Waals surface area (Å²) in [4.78, 5) is 39.5. The van der Waals surface area contributed by atoms with Gasteiger partial charge >= 0.3 is 0 Å². The largest absolute Gasteiger partial charge is 0.324 e. The Kier molecular flexibility index (Phi) is 3.71. The number of nitrogens with zero attached hydrogens (tertiary/aromatic N) is 1. The molecule has 3 fully saturated rings. The molecule has 0 unspecified atom stereocenters. The number of aryl methyl sites for hydroxylation is 2. The molecular weight excluding hydrogens is 316 g/mol. The highest BCUT2D eigenvalue weighted by Crippen LogP contribution is 2.56. The van der Waals surface area contributed by atoms with Gasteiger partial charge in [0, 0.05) is 5.69 Å². The van der Waals surface area contributed by atoms with E-state index in [4.69, 9.17) is 0 Å². The van der Waals surface area contributed by atoms with Gasteiger partial charge in [-0.2, -0.15) is 0 Å². The molecule has 2 saturated carbocycles. The van der Waals surface area contributed by atoms with Crippen molar-refractivity contribution in [3.05, 3.63) is 29.3 Å². The van der Waals surface area contributed by atoms with E-state index in [2.05, 4.69) is 5.32 Å². The quantitative estimate of drug-likeness (QED) is 0.860. The van der Waals surface area contributed by atoms with Crippen molar-refractivity contribution in [2.75, 3.05) is 5.32 Å². The second kappa shape index (κ2) is 5.68. The molecule has 0 aromatic heterocycles. The van der Waals surface area contributed by atoms with E-state index in [0.29, 0.717) is 17.5 Å². The van der Waals surface area contributed by atoms with Crippen molar-refractivity contribution in [1.82, 2.24) is 4.90 Å². The number of hydrogen-bond acceptors (Lipinski definition) is 3.